The van der Waals surface area contributed by atoms with Crippen molar-refractivity contribution in [1.29, 1.82) is 0 Å². The number of aromatic nitrogens is 4. The van der Waals surface area contributed by atoms with Gasteiger partial charge in [-0.3, -0.25) is 0 Å². The summed E-state index contributed by atoms with van der Waals surface area (Å²) >= 11 is 0. The van der Waals surface area contributed by atoms with E-state index in [1.54, 1.807) is 0 Å². The van der Waals surface area contributed by atoms with Crippen LogP contribution in [-0.4, -0.2) is 77.8 Å². The molecule has 2 N–H and O–H groups in total. The molecule has 10 nitrogen and oxygen atoms in total. The predicted octanol–water partition coefficient (Wildman–Crippen LogP) is 2.27. The van der Waals surface area contributed by atoms with E-state index in [1.165, 1.54) is 6.20 Å². The lowest BCUT2D eigenvalue weighted by atomic mass is 10.0. The van der Waals surface area contributed by atoms with E-state index in [9.17, 15) is 8.78 Å². The zero-order valence-electron chi connectivity index (χ0n) is 19.0. The van der Waals surface area contributed by atoms with Crippen LogP contribution in [0.25, 0.3) is 11.4 Å². The molecule has 2 saturated heterocycles. The molecule has 12 heteroatoms. The Morgan fingerprint density at radius 1 is 1.24 bits per heavy atom. The summed E-state index contributed by atoms with van der Waals surface area (Å²) in [5.74, 6) is 0.809. The maximum atomic E-state index is 13.8. The SMILES string of the molecule is CCOCC1COCN1c1nc(-c2cnc(N)cc2C(F)F)nc(N2CCOCC2(C)C)n1. The van der Waals surface area contributed by atoms with E-state index < -0.39 is 12.0 Å². The third-order valence-electron chi connectivity index (χ3n) is 5.68. The molecule has 0 aliphatic carbocycles. The first kappa shape index (κ1) is 23.5. The van der Waals surface area contributed by atoms with Gasteiger partial charge in [0.2, 0.25) is 11.9 Å². The average Bonchev–Trinajstić information content (AvgIpc) is 3.25. The lowest BCUT2D eigenvalue weighted by Crippen LogP contribution is -2.54. The smallest absolute Gasteiger partial charge is 0.264 e. The molecule has 2 aliphatic rings. The zero-order chi connectivity index (χ0) is 23.6. The van der Waals surface area contributed by atoms with Gasteiger partial charge < -0.3 is 29.7 Å². The summed E-state index contributed by atoms with van der Waals surface area (Å²) in [6, 6.07) is 1.04. The minimum Gasteiger partial charge on any atom is -0.384 e. The Hall–Kier alpha value is -2.70. The van der Waals surface area contributed by atoms with Crippen LogP contribution in [0.15, 0.2) is 12.3 Å². The Morgan fingerprint density at radius 2 is 2.03 bits per heavy atom. The predicted molar refractivity (Wildman–Crippen MR) is 118 cm³/mol. The third kappa shape index (κ3) is 4.97. The Balaban J connectivity index is 1.83. The molecule has 1 atom stereocenters. The van der Waals surface area contributed by atoms with Gasteiger partial charge in [-0.2, -0.15) is 15.0 Å². The molecule has 2 aliphatic heterocycles. The average molecular weight is 466 g/mol. The van der Waals surface area contributed by atoms with Crippen LogP contribution in [0, 0.1) is 0 Å². The molecule has 1 unspecified atom stereocenters. The number of pyridine rings is 1. The number of nitrogens with zero attached hydrogens (tertiary/aromatic N) is 6. The van der Waals surface area contributed by atoms with Crippen LogP contribution < -0.4 is 15.5 Å². The Morgan fingerprint density at radius 3 is 2.76 bits per heavy atom. The summed E-state index contributed by atoms with van der Waals surface area (Å²) in [4.78, 5) is 21.7. The summed E-state index contributed by atoms with van der Waals surface area (Å²) in [5, 5.41) is 0. The minimum atomic E-state index is -2.77. The van der Waals surface area contributed by atoms with Gasteiger partial charge >= 0.3 is 0 Å². The molecule has 0 radical (unpaired) electrons. The fourth-order valence-electron chi connectivity index (χ4n) is 3.90. The Kier molecular flexibility index (Phi) is 6.86. The first-order valence-corrected chi connectivity index (χ1v) is 10.9. The summed E-state index contributed by atoms with van der Waals surface area (Å²) < 4.78 is 44.5. The molecule has 33 heavy (non-hydrogen) atoms. The quantitative estimate of drug-likeness (QED) is 0.653. The van der Waals surface area contributed by atoms with Crippen molar-refractivity contribution in [1.82, 2.24) is 19.9 Å². The number of morpholine rings is 1. The van der Waals surface area contributed by atoms with Crippen molar-refractivity contribution in [2.75, 3.05) is 61.8 Å². The van der Waals surface area contributed by atoms with Gasteiger partial charge in [-0.05, 0) is 26.8 Å². The van der Waals surface area contributed by atoms with Gasteiger partial charge in [0, 0.05) is 30.5 Å². The van der Waals surface area contributed by atoms with Gasteiger partial charge in [0.25, 0.3) is 6.43 Å². The molecule has 180 valence electrons. The van der Waals surface area contributed by atoms with Crippen molar-refractivity contribution in [3.8, 4) is 11.4 Å². The van der Waals surface area contributed by atoms with Crippen LogP contribution in [0.3, 0.4) is 0 Å². The molecule has 0 amide bonds. The van der Waals surface area contributed by atoms with Crippen molar-refractivity contribution in [2.24, 2.45) is 0 Å². The van der Waals surface area contributed by atoms with E-state index >= 15 is 0 Å². The molecule has 0 bridgehead atoms. The van der Waals surface area contributed by atoms with Crippen LogP contribution >= 0.6 is 0 Å². The van der Waals surface area contributed by atoms with Crippen LogP contribution in [0.4, 0.5) is 26.5 Å². The van der Waals surface area contributed by atoms with Crippen molar-refractivity contribution in [3.63, 3.8) is 0 Å². The fourth-order valence-corrected chi connectivity index (χ4v) is 3.90. The monoisotopic (exact) mass is 465 g/mol. The number of nitrogen functional groups attached to an aromatic ring is 1. The van der Waals surface area contributed by atoms with Gasteiger partial charge in [-0.15, -0.1) is 0 Å². The van der Waals surface area contributed by atoms with Gasteiger partial charge in [-0.1, -0.05) is 0 Å². The molecule has 2 fully saturated rings. The third-order valence-corrected chi connectivity index (χ3v) is 5.68. The number of anilines is 3. The molecule has 4 rings (SSSR count). The lowest BCUT2D eigenvalue weighted by molar-refractivity contribution is 0.0634. The minimum absolute atomic E-state index is 0.00240. The van der Waals surface area contributed by atoms with E-state index in [-0.39, 0.29) is 35.5 Å². The number of hydrogen-bond acceptors (Lipinski definition) is 10. The molecule has 0 spiro atoms. The fraction of sp³-hybridized carbons (Fsp3) is 0.619. The van der Waals surface area contributed by atoms with Crippen molar-refractivity contribution >= 4 is 17.7 Å². The van der Waals surface area contributed by atoms with E-state index in [2.05, 4.69) is 15.0 Å². The Bertz CT molecular complexity index is 979. The van der Waals surface area contributed by atoms with Crippen LogP contribution in [0.2, 0.25) is 0 Å². The molecule has 0 aromatic carbocycles. The first-order valence-electron chi connectivity index (χ1n) is 10.9. The second-order valence-electron chi connectivity index (χ2n) is 8.56. The second-order valence-corrected chi connectivity index (χ2v) is 8.56. The second kappa shape index (κ2) is 9.65. The molecular weight excluding hydrogens is 436 g/mol. The van der Waals surface area contributed by atoms with Crippen molar-refractivity contribution < 1.29 is 23.0 Å². The van der Waals surface area contributed by atoms with Crippen molar-refractivity contribution in [3.05, 3.63) is 17.8 Å². The van der Waals surface area contributed by atoms with Crippen LogP contribution in [0.5, 0.6) is 0 Å². The maximum absolute atomic E-state index is 13.8. The summed E-state index contributed by atoms with van der Waals surface area (Å²) in [5.41, 5.74) is 5.09. The van der Waals surface area contributed by atoms with Gasteiger partial charge in [0.05, 0.1) is 38.0 Å². The molecular formula is C21H29F2N7O3. The highest BCUT2D eigenvalue weighted by Gasteiger charge is 2.35. The summed E-state index contributed by atoms with van der Waals surface area (Å²) in [6.45, 7) is 9.19. The maximum Gasteiger partial charge on any atom is 0.264 e. The summed E-state index contributed by atoms with van der Waals surface area (Å²) in [7, 11) is 0. The van der Waals surface area contributed by atoms with Crippen LogP contribution in [0.1, 0.15) is 32.8 Å². The topological polar surface area (TPSA) is 112 Å². The number of nitrogens with two attached hydrogens (primary N) is 1. The van der Waals surface area contributed by atoms with Gasteiger partial charge in [-0.25, -0.2) is 13.8 Å². The highest BCUT2D eigenvalue weighted by atomic mass is 19.3. The largest absolute Gasteiger partial charge is 0.384 e. The molecule has 0 saturated carbocycles. The Labute approximate surface area is 191 Å². The van der Waals surface area contributed by atoms with E-state index in [0.29, 0.717) is 51.5 Å². The summed E-state index contributed by atoms with van der Waals surface area (Å²) in [6.07, 6.45) is -1.49. The number of rotatable bonds is 7. The highest BCUT2D eigenvalue weighted by molar-refractivity contribution is 5.64. The highest BCUT2D eigenvalue weighted by Crippen LogP contribution is 2.33. The van der Waals surface area contributed by atoms with Gasteiger partial charge in [0.15, 0.2) is 5.82 Å². The normalized spacial score (nSPS) is 20.6. The first-order chi connectivity index (χ1) is 15.8. The molecule has 4 heterocycles. The standard InChI is InChI=1S/C21H29F2N7O3/c1-4-31-9-13-10-33-12-29(13)19-26-18(15-8-25-16(24)7-14(15)17(22)23)27-20(28-19)30-5-6-32-11-21(30,2)3/h7-8,13,17H,4-6,9-12H2,1-3H3,(H2,24,25). The molecule has 2 aromatic heterocycles. The number of halogens is 2. The van der Waals surface area contributed by atoms with E-state index in [4.69, 9.17) is 24.9 Å². The number of hydrogen-bond donors (Lipinski definition) is 1. The van der Waals surface area contributed by atoms with E-state index in [0.717, 1.165) is 6.07 Å². The lowest BCUT2D eigenvalue weighted by Gasteiger charge is -2.42. The number of alkyl halides is 2. The zero-order valence-corrected chi connectivity index (χ0v) is 19.0. The molecule has 2 aromatic rings. The van der Waals surface area contributed by atoms with Crippen LogP contribution in [-0.2, 0) is 14.2 Å². The van der Waals surface area contributed by atoms with E-state index in [1.807, 2.05) is 30.6 Å². The van der Waals surface area contributed by atoms with Crippen molar-refractivity contribution in [2.45, 2.75) is 38.8 Å². The van der Waals surface area contributed by atoms with Gasteiger partial charge in [0.1, 0.15) is 12.5 Å². The number of ether oxygens (including phenoxy) is 3.